The first-order valence-corrected chi connectivity index (χ1v) is 11.0. The Hall–Kier alpha value is -3.94. The van der Waals surface area contributed by atoms with Gasteiger partial charge in [-0.1, -0.05) is 32.0 Å². The summed E-state index contributed by atoms with van der Waals surface area (Å²) in [5.41, 5.74) is 0.136. The minimum absolute atomic E-state index is 0.0205. The second kappa shape index (κ2) is 9.91. The van der Waals surface area contributed by atoms with Gasteiger partial charge in [-0.05, 0) is 54.8 Å². The number of aromatic nitrogens is 3. The largest absolute Gasteiger partial charge is 0.497 e. The summed E-state index contributed by atoms with van der Waals surface area (Å²) in [6.07, 6.45) is 0. The topological polar surface area (TPSA) is 75.2 Å². The molecule has 8 heteroatoms. The molecule has 0 aliphatic carbocycles. The number of hydrogen-bond acceptors (Lipinski definition) is 4. The van der Waals surface area contributed by atoms with Gasteiger partial charge in [-0.25, -0.2) is 13.8 Å². The summed E-state index contributed by atoms with van der Waals surface area (Å²) in [5, 5.41) is 0.181. The van der Waals surface area contributed by atoms with Crippen LogP contribution in [0.1, 0.15) is 30.5 Å². The minimum Gasteiger partial charge on any atom is -0.497 e. The van der Waals surface area contributed by atoms with Crippen molar-refractivity contribution in [2.75, 3.05) is 7.11 Å². The van der Waals surface area contributed by atoms with Crippen LogP contribution in [0.2, 0.25) is 0 Å². The lowest BCUT2D eigenvalue weighted by Gasteiger charge is -2.18. The fourth-order valence-electron chi connectivity index (χ4n) is 3.83. The van der Waals surface area contributed by atoms with Crippen molar-refractivity contribution in [3.63, 3.8) is 0 Å². The van der Waals surface area contributed by atoms with E-state index in [0.29, 0.717) is 22.4 Å². The van der Waals surface area contributed by atoms with Crippen LogP contribution in [-0.2, 0) is 13.6 Å². The Balaban J connectivity index is 0.00000158. The average molecular weight is 466 g/mol. The summed E-state index contributed by atoms with van der Waals surface area (Å²) in [6, 6.07) is 12.7. The van der Waals surface area contributed by atoms with Crippen molar-refractivity contribution in [2.45, 2.75) is 34.2 Å². The molecule has 0 saturated carbocycles. The highest BCUT2D eigenvalue weighted by molar-refractivity contribution is 5.79. The van der Waals surface area contributed by atoms with Crippen molar-refractivity contribution in [1.29, 1.82) is 0 Å². The fourth-order valence-corrected chi connectivity index (χ4v) is 3.83. The van der Waals surface area contributed by atoms with Crippen LogP contribution < -0.4 is 21.5 Å². The van der Waals surface area contributed by atoms with Gasteiger partial charge in [0.1, 0.15) is 17.2 Å². The molecule has 2 heterocycles. The zero-order valence-electron chi connectivity index (χ0n) is 20.2. The van der Waals surface area contributed by atoms with Gasteiger partial charge in [-0.2, -0.15) is 0 Å². The maximum absolute atomic E-state index is 15.0. The SMILES string of the molecule is CC.COc1ccc(Cn2c(=O)c3c(C)cc(=O)n(C)c3n(-c3ccc(C)cc3F)c2=O)cc1. The second-order valence-corrected chi connectivity index (χ2v) is 7.74. The van der Waals surface area contributed by atoms with E-state index < -0.39 is 22.6 Å². The third kappa shape index (κ3) is 4.31. The third-order valence-electron chi connectivity index (χ3n) is 5.54. The molecule has 0 bridgehead atoms. The minimum atomic E-state index is -0.735. The molecule has 178 valence electrons. The van der Waals surface area contributed by atoms with Gasteiger partial charge in [0.2, 0.25) is 0 Å². The van der Waals surface area contributed by atoms with Crippen LogP contribution in [0.25, 0.3) is 16.7 Å². The fraction of sp³-hybridized carbons (Fsp3) is 0.269. The molecule has 34 heavy (non-hydrogen) atoms. The molecule has 0 N–H and O–H groups in total. The van der Waals surface area contributed by atoms with Gasteiger partial charge in [-0.3, -0.25) is 18.7 Å². The summed E-state index contributed by atoms with van der Waals surface area (Å²) in [5.74, 6) is 0.0154. The molecule has 0 atom stereocenters. The van der Waals surface area contributed by atoms with Crippen molar-refractivity contribution in [2.24, 2.45) is 7.05 Å². The molecule has 4 rings (SSSR count). The summed E-state index contributed by atoms with van der Waals surface area (Å²) < 4.78 is 23.5. The predicted molar refractivity (Wildman–Crippen MR) is 132 cm³/mol. The molecule has 7 nitrogen and oxygen atoms in total. The third-order valence-corrected chi connectivity index (χ3v) is 5.54. The van der Waals surface area contributed by atoms with Crippen molar-refractivity contribution in [3.8, 4) is 11.4 Å². The summed E-state index contributed by atoms with van der Waals surface area (Å²) >= 11 is 0. The molecule has 0 unspecified atom stereocenters. The average Bonchev–Trinajstić information content (AvgIpc) is 2.82. The van der Waals surface area contributed by atoms with E-state index in [4.69, 9.17) is 4.74 Å². The molecular weight excluding hydrogens is 437 g/mol. The Morgan fingerprint density at radius 3 is 2.18 bits per heavy atom. The Bertz CT molecular complexity index is 1530. The first kappa shape index (κ1) is 24.7. The Morgan fingerprint density at radius 1 is 0.941 bits per heavy atom. The normalized spacial score (nSPS) is 10.7. The number of fused-ring (bicyclic) bond motifs is 1. The van der Waals surface area contributed by atoms with Crippen LogP contribution in [0, 0.1) is 19.7 Å². The summed E-state index contributed by atoms with van der Waals surface area (Å²) in [7, 11) is 3.00. The van der Waals surface area contributed by atoms with E-state index in [1.807, 2.05) is 13.8 Å². The molecule has 0 radical (unpaired) electrons. The number of benzene rings is 2. The van der Waals surface area contributed by atoms with Gasteiger partial charge in [0, 0.05) is 13.1 Å². The number of aryl methyl sites for hydroxylation is 3. The highest BCUT2D eigenvalue weighted by Crippen LogP contribution is 2.19. The van der Waals surface area contributed by atoms with Gasteiger partial charge >= 0.3 is 5.69 Å². The zero-order chi connectivity index (χ0) is 25.2. The molecule has 0 aliphatic heterocycles. The van der Waals surface area contributed by atoms with Crippen LogP contribution in [0.4, 0.5) is 4.39 Å². The lowest BCUT2D eigenvalue weighted by Crippen LogP contribution is -2.42. The number of nitrogens with zero attached hydrogens (tertiary/aromatic N) is 3. The van der Waals surface area contributed by atoms with E-state index >= 15 is 0 Å². The van der Waals surface area contributed by atoms with Gasteiger partial charge in [0.05, 0.1) is 24.7 Å². The standard InChI is InChI=1S/C24H22FN3O4.C2H6/c1-14-5-10-19(18(25)11-14)28-22-21(15(2)12-20(29)26(22)3)23(30)27(24(28)31)13-16-6-8-17(32-4)9-7-16;1-2/h5-12H,13H2,1-4H3;1-2H3. The Kier molecular flexibility index (Phi) is 7.20. The molecule has 0 spiro atoms. The first-order valence-electron chi connectivity index (χ1n) is 11.0. The van der Waals surface area contributed by atoms with Crippen molar-refractivity contribution >= 4 is 11.0 Å². The highest BCUT2D eigenvalue weighted by atomic mass is 19.1. The van der Waals surface area contributed by atoms with Gasteiger partial charge in [-0.15, -0.1) is 0 Å². The van der Waals surface area contributed by atoms with Crippen LogP contribution >= 0.6 is 0 Å². The van der Waals surface area contributed by atoms with Crippen molar-refractivity contribution in [1.82, 2.24) is 13.7 Å². The quantitative estimate of drug-likeness (QED) is 0.461. The number of rotatable bonds is 4. The van der Waals surface area contributed by atoms with Crippen molar-refractivity contribution < 1.29 is 9.13 Å². The van der Waals surface area contributed by atoms with Crippen LogP contribution in [0.3, 0.4) is 0 Å². The number of ether oxygens (including phenoxy) is 1. The predicted octanol–water partition coefficient (Wildman–Crippen LogP) is 3.69. The van der Waals surface area contributed by atoms with Gasteiger partial charge < -0.3 is 4.74 Å². The molecule has 2 aromatic heterocycles. The molecule has 0 amide bonds. The van der Waals surface area contributed by atoms with E-state index in [2.05, 4.69) is 0 Å². The van der Waals surface area contributed by atoms with E-state index in [9.17, 15) is 18.8 Å². The van der Waals surface area contributed by atoms with E-state index in [0.717, 1.165) is 9.13 Å². The lowest BCUT2D eigenvalue weighted by molar-refractivity contribution is 0.414. The van der Waals surface area contributed by atoms with Crippen LogP contribution in [-0.4, -0.2) is 20.8 Å². The maximum atomic E-state index is 15.0. The zero-order valence-corrected chi connectivity index (χ0v) is 20.2. The number of hydrogen-bond donors (Lipinski definition) is 0. The van der Waals surface area contributed by atoms with E-state index in [1.165, 1.54) is 29.8 Å². The number of pyridine rings is 1. The van der Waals surface area contributed by atoms with Gasteiger partial charge in [0.15, 0.2) is 0 Å². The molecule has 4 aromatic rings. The second-order valence-electron chi connectivity index (χ2n) is 7.74. The van der Waals surface area contributed by atoms with Crippen LogP contribution in [0.15, 0.2) is 62.9 Å². The maximum Gasteiger partial charge on any atom is 0.337 e. The van der Waals surface area contributed by atoms with Crippen molar-refractivity contribution in [3.05, 3.63) is 102 Å². The summed E-state index contributed by atoms with van der Waals surface area (Å²) in [6.45, 7) is 7.34. The van der Waals surface area contributed by atoms with Gasteiger partial charge in [0.25, 0.3) is 11.1 Å². The molecule has 2 aromatic carbocycles. The summed E-state index contributed by atoms with van der Waals surface area (Å²) in [4.78, 5) is 39.4. The smallest absolute Gasteiger partial charge is 0.337 e. The molecule has 0 fully saturated rings. The highest BCUT2D eigenvalue weighted by Gasteiger charge is 2.21. The lowest BCUT2D eigenvalue weighted by atomic mass is 10.1. The van der Waals surface area contributed by atoms with Crippen LogP contribution in [0.5, 0.6) is 5.75 Å². The van der Waals surface area contributed by atoms with E-state index in [1.54, 1.807) is 51.3 Å². The molecule has 0 aliphatic rings. The molecule has 0 saturated heterocycles. The number of methoxy groups -OCH3 is 1. The number of halogens is 1. The Morgan fingerprint density at radius 2 is 1.59 bits per heavy atom. The monoisotopic (exact) mass is 465 g/mol. The first-order chi connectivity index (χ1) is 16.2. The molecular formula is C26H28FN3O4. The van der Waals surface area contributed by atoms with E-state index in [-0.39, 0.29) is 23.3 Å². The Labute approximate surface area is 196 Å².